The molecule has 1 aromatic carbocycles. The van der Waals surface area contributed by atoms with Crippen molar-refractivity contribution in [2.75, 3.05) is 20.8 Å². The summed E-state index contributed by atoms with van der Waals surface area (Å²) < 4.78 is 12.6. The van der Waals surface area contributed by atoms with Gasteiger partial charge in [0, 0.05) is 32.1 Å². The molecule has 2 N–H and O–H groups in total. The van der Waals surface area contributed by atoms with Gasteiger partial charge in [-0.2, -0.15) is 0 Å². The summed E-state index contributed by atoms with van der Waals surface area (Å²) >= 11 is 0. The maximum atomic E-state index is 12.4. The largest absolute Gasteiger partial charge is 0.497 e. The summed E-state index contributed by atoms with van der Waals surface area (Å²) in [6.45, 7) is 2.78. The monoisotopic (exact) mass is 360 g/mol. The minimum absolute atomic E-state index is 0.226. The number of hydrogen-bond acceptors (Lipinski definition) is 4. The molecule has 0 fully saturated rings. The Hall–Kier alpha value is -2.70. The van der Waals surface area contributed by atoms with Crippen molar-refractivity contribution >= 4 is 6.03 Å². The van der Waals surface area contributed by atoms with Gasteiger partial charge < -0.3 is 24.7 Å². The number of nitrogens with one attached hydrogen (secondary N) is 2. The number of unbranched alkanes of at least 4 members (excludes halogenated alkanes) is 2. The number of imidazole rings is 1. The lowest BCUT2D eigenvalue weighted by Crippen LogP contribution is -2.39. The molecule has 2 amide bonds. The van der Waals surface area contributed by atoms with E-state index in [-0.39, 0.29) is 6.03 Å². The van der Waals surface area contributed by atoms with Gasteiger partial charge in [-0.25, -0.2) is 9.78 Å². The van der Waals surface area contributed by atoms with Crippen molar-refractivity contribution in [3.63, 3.8) is 0 Å². The van der Waals surface area contributed by atoms with Crippen LogP contribution in [0.5, 0.6) is 11.5 Å². The number of carbonyl (C=O) groups excluding carboxylic acids is 1. The van der Waals surface area contributed by atoms with Crippen LogP contribution in [0.1, 0.15) is 43.6 Å². The molecule has 1 atom stereocenters. The van der Waals surface area contributed by atoms with Crippen LogP contribution < -0.4 is 20.1 Å². The predicted octanol–water partition coefficient (Wildman–Crippen LogP) is 3.02. The molecule has 0 saturated heterocycles. The maximum Gasteiger partial charge on any atom is 0.315 e. The van der Waals surface area contributed by atoms with Gasteiger partial charge >= 0.3 is 6.03 Å². The van der Waals surface area contributed by atoms with Gasteiger partial charge in [-0.1, -0.05) is 19.8 Å². The first-order valence-corrected chi connectivity index (χ1v) is 8.83. The number of urea groups is 1. The van der Waals surface area contributed by atoms with Gasteiger partial charge in [-0.05, 0) is 24.1 Å². The Morgan fingerprint density at radius 3 is 2.42 bits per heavy atom. The van der Waals surface area contributed by atoms with Crippen molar-refractivity contribution in [1.29, 1.82) is 0 Å². The van der Waals surface area contributed by atoms with Crippen LogP contribution in [0.3, 0.4) is 0 Å². The molecule has 0 aliphatic carbocycles. The first kappa shape index (κ1) is 19.6. The van der Waals surface area contributed by atoms with E-state index in [1.54, 1.807) is 26.5 Å². The highest BCUT2D eigenvalue weighted by atomic mass is 16.5. The number of ether oxygens (including phenoxy) is 2. The molecular weight excluding hydrogens is 332 g/mol. The Bertz CT molecular complexity index is 692. The first-order chi connectivity index (χ1) is 12.6. The second kappa shape index (κ2) is 9.70. The fraction of sp³-hybridized carbons (Fsp3) is 0.474. The van der Waals surface area contributed by atoms with Crippen LogP contribution >= 0.6 is 0 Å². The third kappa shape index (κ3) is 5.15. The average molecular weight is 360 g/mol. The predicted molar refractivity (Wildman–Crippen MR) is 101 cm³/mol. The van der Waals surface area contributed by atoms with E-state index >= 15 is 0 Å². The van der Waals surface area contributed by atoms with Crippen molar-refractivity contribution in [1.82, 2.24) is 20.2 Å². The van der Waals surface area contributed by atoms with Gasteiger partial charge in [0.2, 0.25) is 0 Å². The third-order valence-electron chi connectivity index (χ3n) is 4.17. The Kier molecular flexibility index (Phi) is 7.32. The molecule has 2 aromatic rings. The molecule has 1 aromatic heterocycles. The molecule has 1 unspecified atom stereocenters. The van der Waals surface area contributed by atoms with Crippen LogP contribution in [0.4, 0.5) is 4.79 Å². The van der Waals surface area contributed by atoms with Crippen LogP contribution in [0, 0.1) is 0 Å². The van der Waals surface area contributed by atoms with Crippen molar-refractivity contribution in [3.05, 3.63) is 42.0 Å². The topological polar surface area (TPSA) is 77.4 Å². The van der Waals surface area contributed by atoms with Crippen molar-refractivity contribution in [3.8, 4) is 11.5 Å². The molecule has 0 saturated carbocycles. The Morgan fingerprint density at radius 2 is 1.88 bits per heavy atom. The lowest BCUT2D eigenvalue weighted by atomic mass is 10.1. The zero-order valence-electron chi connectivity index (χ0n) is 15.9. The van der Waals surface area contributed by atoms with E-state index in [1.165, 1.54) is 0 Å². The number of nitrogens with zero attached hydrogens (tertiary/aromatic N) is 2. The molecule has 7 heteroatoms. The van der Waals surface area contributed by atoms with Crippen LogP contribution in [0.25, 0.3) is 0 Å². The lowest BCUT2D eigenvalue weighted by molar-refractivity contribution is 0.238. The van der Waals surface area contributed by atoms with E-state index in [4.69, 9.17) is 9.47 Å². The summed E-state index contributed by atoms with van der Waals surface area (Å²) in [4.78, 5) is 16.8. The molecule has 0 aliphatic heterocycles. The number of amides is 2. The fourth-order valence-corrected chi connectivity index (χ4v) is 2.71. The normalized spacial score (nSPS) is 11.7. The van der Waals surface area contributed by atoms with Gasteiger partial charge in [0.25, 0.3) is 0 Å². The average Bonchev–Trinajstić information content (AvgIpc) is 3.08. The molecule has 0 aliphatic rings. The Balaban J connectivity index is 2.25. The third-order valence-corrected chi connectivity index (χ3v) is 4.17. The highest BCUT2D eigenvalue weighted by Crippen LogP contribution is 2.29. The fourth-order valence-electron chi connectivity index (χ4n) is 2.71. The van der Waals surface area contributed by atoms with E-state index in [0.29, 0.717) is 18.0 Å². The standard InChI is InChI=1S/C19H28N4O3/c1-5-6-7-8-21-19(24)22-17(18-20-9-10-23(18)2)14-11-15(25-3)13-16(12-14)26-4/h9-13,17H,5-8H2,1-4H3,(H2,21,22,24). The summed E-state index contributed by atoms with van der Waals surface area (Å²) in [7, 11) is 5.10. The SMILES string of the molecule is CCCCCNC(=O)NC(c1cc(OC)cc(OC)c1)c1nccn1C. The van der Waals surface area contributed by atoms with Gasteiger partial charge in [0.15, 0.2) is 0 Å². The van der Waals surface area contributed by atoms with Gasteiger partial charge in [0.1, 0.15) is 23.4 Å². The zero-order chi connectivity index (χ0) is 18.9. The van der Waals surface area contributed by atoms with E-state index in [0.717, 1.165) is 30.7 Å². The van der Waals surface area contributed by atoms with E-state index in [1.807, 2.05) is 29.9 Å². The molecule has 26 heavy (non-hydrogen) atoms. The highest BCUT2D eigenvalue weighted by molar-refractivity contribution is 5.74. The summed E-state index contributed by atoms with van der Waals surface area (Å²) in [5.41, 5.74) is 0.833. The van der Waals surface area contributed by atoms with Gasteiger partial charge in [-0.15, -0.1) is 0 Å². The smallest absolute Gasteiger partial charge is 0.315 e. The van der Waals surface area contributed by atoms with Gasteiger partial charge in [0.05, 0.1) is 14.2 Å². The maximum absolute atomic E-state index is 12.4. The zero-order valence-corrected chi connectivity index (χ0v) is 15.9. The molecule has 0 spiro atoms. The van der Waals surface area contributed by atoms with E-state index in [2.05, 4.69) is 22.5 Å². The first-order valence-electron chi connectivity index (χ1n) is 8.83. The van der Waals surface area contributed by atoms with Crippen LogP contribution in [-0.4, -0.2) is 36.3 Å². The molecule has 7 nitrogen and oxygen atoms in total. The summed E-state index contributed by atoms with van der Waals surface area (Å²) in [6.07, 6.45) is 6.73. The minimum atomic E-state index is -0.426. The van der Waals surface area contributed by atoms with Crippen LogP contribution in [0.15, 0.2) is 30.6 Å². The van der Waals surface area contributed by atoms with Gasteiger partial charge in [-0.3, -0.25) is 0 Å². The number of methoxy groups -OCH3 is 2. The summed E-state index contributed by atoms with van der Waals surface area (Å²) in [6, 6.07) is 4.89. The second-order valence-electron chi connectivity index (χ2n) is 6.08. The summed E-state index contributed by atoms with van der Waals surface area (Å²) in [5.74, 6) is 2.04. The number of carbonyl (C=O) groups is 1. The van der Waals surface area contributed by atoms with E-state index in [9.17, 15) is 4.79 Å². The Morgan fingerprint density at radius 1 is 1.19 bits per heavy atom. The number of aryl methyl sites for hydroxylation is 1. The lowest BCUT2D eigenvalue weighted by Gasteiger charge is -2.21. The number of aromatic nitrogens is 2. The minimum Gasteiger partial charge on any atom is -0.497 e. The molecule has 2 rings (SSSR count). The molecule has 142 valence electrons. The second-order valence-corrected chi connectivity index (χ2v) is 6.08. The number of rotatable bonds is 9. The molecule has 0 radical (unpaired) electrons. The quantitative estimate of drug-likeness (QED) is 0.674. The highest BCUT2D eigenvalue weighted by Gasteiger charge is 2.22. The van der Waals surface area contributed by atoms with Crippen LogP contribution in [-0.2, 0) is 7.05 Å². The molecule has 0 bridgehead atoms. The summed E-state index contributed by atoms with van der Waals surface area (Å²) in [5, 5.41) is 5.92. The molecule has 1 heterocycles. The number of benzene rings is 1. The van der Waals surface area contributed by atoms with Crippen molar-refractivity contribution in [2.24, 2.45) is 7.05 Å². The molecular formula is C19H28N4O3. The van der Waals surface area contributed by atoms with Crippen molar-refractivity contribution < 1.29 is 14.3 Å². The Labute approximate surface area is 154 Å². The van der Waals surface area contributed by atoms with Crippen LogP contribution in [0.2, 0.25) is 0 Å². The van der Waals surface area contributed by atoms with E-state index < -0.39 is 6.04 Å². The van der Waals surface area contributed by atoms with Crippen molar-refractivity contribution in [2.45, 2.75) is 32.2 Å². The number of hydrogen-bond donors (Lipinski definition) is 2.